The molecule has 160 valence electrons. The normalized spacial score (nSPS) is 14.7. The largest absolute Gasteiger partial charge is 0.495 e. The van der Waals surface area contributed by atoms with E-state index in [4.69, 9.17) is 4.74 Å². The molecule has 1 aliphatic carbocycles. The maximum Gasteiger partial charge on any atom is 0.418 e. The van der Waals surface area contributed by atoms with E-state index in [9.17, 15) is 21.6 Å². The lowest BCUT2D eigenvalue weighted by atomic mass is 10.1. The van der Waals surface area contributed by atoms with Crippen molar-refractivity contribution >= 4 is 38.1 Å². The number of aromatic amines is 1. The van der Waals surface area contributed by atoms with E-state index in [1.807, 2.05) is 0 Å². The molecule has 2 aromatic heterocycles. The number of halogens is 3. The number of methoxy groups -OCH3 is 1. The Morgan fingerprint density at radius 1 is 1.20 bits per heavy atom. The molecule has 0 unspecified atom stereocenters. The highest BCUT2D eigenvalue weighted by molar-refractivity contribution is 7.90. The summed E-state index contributed by atoms with van der Waals surface area (Å²) in [5.41, 5.74) is 0.0546. The standard InChI is InChI=1S/C19H19F3N4O3S/c1-29-15-7-11(30(2,27)28)5-6-13(15)25-16-8-14(24-10-3-4-10)17-12(19(20,21)22)9-23-18(17)26-16/h5-10H,3-4H2,1-2H3,(H3,23,24,25,26). The quantitative estimate of drug-likeness (QED) is 0.529. The molecule has 1 saturated carbocycles. The number of nitrogens with zero attached hydrogens (tertiary/aromatic N) is 1. The molecule has 0 aliphatic heterocycles. The molecule has 0 atom stereocenters. The van der Waals surface area contributed by atoms with Gasteiger partial charge < -0.3 is 20.4 Å². The molecular weight excluding hydrogens is 421 g/mol. The van der Waals surface area contributed by atoms with Crippen LogP contribution in [0.4, 0.5) is 30.4 Å². The molecule has 0 amide bonds. The average molecular weight is 440 g/mol. The third kappa shape index (κ3) is 4.02. The Morgan fingerprint density at radius 2 is 1.93 bits per heavy atom. The van der Waals surface area contributed by atoms with Crippen LogP contribution in [0.3, 0.4) is 0 Å². The summed E-state index contributed by atoms with van der Waals surface area (Å²) in [4.78, 5) is 6.94. The molecule has 3 aromatic rings. The first-order valence-corrected chi connectivity index (χ1v) is 11.0. The Labute approximate surface area is 170 Å². The van der Waals surface area contributed by atoms with Gasteiger partial charge in [-0.15, -0.1) is 0 Å². The van der Waals surface area contributed by atoms with Gasteiger partial charge in [0.25, 0.3) is 0 Å². The van der Waals surface area contributed by atoms with Crippen molar-refractivity contribution in [2.75, 3.05) is 24.0 Å². The van der Waals surface area contributed by atoms with E-state index in [1.165, 1.54) is 31.4 Å². The molecule has 1 aliphatic rings. The van der Waals surface area contributed by atoms with Crippen LogP contribution >= 0.6 is 0 Å². The summed E-state index contributed by atoms with van der Waals surface area (Å²) >= 11 is 0. The lowest BCUT2D eigenvalue weighted by Crippen LogP contribution is -2.08. The minimum Gasteiger partial charge on any atom is -0.495 e. The third-order valence-corrected chi connectivity index (χ3v) is 5.86. The van der Waals surface area contributed by atoms with Crippen molar-refractivity contribution in [1.82, 2.24) is 9.97 Å². The van der Waals surface area contributed by atoms with Gasteiger partial charge in [-0.05, 0) is 25.0 Å². The van der Waals surface area contributed by atoms with Crippen LogP contribution in [0.2, 0.25) is 0 Å². The number of fused-ring (bicyclic) bond motifs is 1. The van der Waals surface area contributed by atoms with Gasteiger partial charge in [0.15, 0.2) is 9.84 Å². The highest BCUT2D eigenvalue weighted by Crippen LogP contribution is 2.41. The van der Waals surface area contributed by atoms with Crippen LogP contribution in [0.1, 0.15) is 18.4 Å². The summed E-state index contributed by atoms with van der Waals surface area (Å²) in [6.45, 7) is 0. The van der Waals surface area contributed by atoms with E-state index < -0.39 is 21.6 Å². The summed E-state index contributed by atoms with van der Waals surface area (Å²) in [6, 6.07) is 5.94. The predicted molar refractivity (Wildman–Crippen MR) is 107 cm³/mol. The molecular formula is C19H19F3N4O3S. The minimum absolute atomic E-state index is 0.0145. The number of sulfone groups is 1. The molecule has 30 heavy (non-hydrogen) atoms. The van der Waals surface area contributed by atoms with Crippen molar-refractivity contribution in [2.45, 2.75) is 30.0 Å². The number of alkyl halides is 3. The summed E-state index contributed by atoms with van der Waals surface area (Å²) in [6.07, 6.45) is -0.748. The van der Waals surface area contributed by atoms with Gasteiger partial charge in [0.1, 0.15) is 17.2 Å². The van der Waals surface area contributed by atoms with Gasteiger partial charge in [-0.2, -0.15) is 13.2 Å². The number of aromatic nitrogens is 2. The number of nitrogens with one attached hydrogen (secondary N) is 3. The van der Waals surface area contributed by atoms with Crippen LogP contribution in [0.15, 0.2) is 35.4 Å². The monoisotopic (exact) mass is 440 g/mol. The second-order valence-electron chi connectivity index (χ2n) is 7.16. The molecule has 7 nitrogen and oxygen atoms in total. The van der Waals surface area contributed by atoms with Crippen LogP contribution in [-0.2, 0) is 16.0 Å². The molecule has 11 heteroatoms. The van der Waals surface area contributed by atoms with E-state index in [-0.39, 0.29) is 33.5 Å². The number of ether oxygens (including phenoxy) is 1. The van der Waals surface area contributed by atoms with Crippen molar-refractivity contribution in [3.8, 4) is 5.75 Å². The molecule has 3 N–H and O–H groups in total. The van der Waals surface area contributed by atoms with Gasteiger partial charge in [0.2, 0.25) is 0 Å². The maximum absolute atomic E-state index is 13.4. The van der Waals surface area contributed by atoms with Crippen molar-refractivity contribution < 1.29 is 26.3 Å². The van der Waals surface area contributed by atoms with E-state index >= 15 is 0 Å². The molecule has 1 fully saturated rings. The van der Waals surface area contributed by atoms with E-state index in [2.05, 4.69) is 20.6 Å². The van der Waals surface area contributed by atoms with Crippen LogP contribution in [0.5, 0.6) is 5.75 Å². The Morgan fingerprint density at radius 3 is 2.53 bits per heavy atom. The molecule has 0 radical (unpaired) electrons. The van der Waals surface area contributed by atoms with Crippen molar-refractivity contribution in [3.05, 3.63) is 36.0 Å². The van der Waals surface area contributed by atoms with Crippen LogP contribution < -0.4 is 15.4 Å². The predicted octanol–water partition coefficient (Wildman–Crippen LogP) is 4.31. The highest BCUT2D eigenvalue weighted by Gasteiger charge is 2.36. The summed E-state index contributed by atoms with van der Waals surface area (Å²) < 4.78 is 69.0. The lowest BCUT2D eigenvalue weighted by Gasteiger charge is -2.15. The van der Waals surface area contributed by atoms with E-state index in [1.54, 1.807) is 0 Å². The first-order valence-electron chi connectivity index (χ1n) is 9.07. The Bertz CT molecular complexity index is 1220. The van der Waals surface area contributed by atoms with Crippen LogP contribution in [0, 0.1) is 0 Å². The van der Waals surface area contributed by atoms with Crippen molar-refractivity contribution in [2.24, 2.45) is 0 Å². The number of hydrogen-bond donors (Lipinski definition) is 3. The first kappa shape index (κ1) is 20.3. The fourth-order valence-corrected chi connectivity index (χ4v) is 3.76. The summed E-state index contributed by atoms with van der Waals surface area (Å²) in [7, 11) is -2.03. The zero-order valence-electron chi connectivity index (χ0n) is 16.1. The second kappa shape index (κ2) is 7.08. The Hall–Kier alpha value is -2.95. The molecule has 0 spiro atoms. The number of hydrogen-bond acceptors (Lipinski definition) is 6. The number of pyridine rings is 1. The number of benzene rings is 1. The molecule has 4 rings (SSSR count). The van der Waals surface area contributed by atoms with Gasteiger partial charge in [-0.1, -0.05) is 0 Å². The Kier molecular flexibility index (Phi) is 4.80. The fourth-order valence-electron chi connectivity index (χ4n) is 3.13. The second-order valence-corrected chi connectivity index (χ2v) is 9.17. The topological polar surface area (TPSA) is 96.1 Å². The molecule has 1 aromatic carbocycles. The summed E-state index contributed by atoms with van der Waals surface area (Å²) in [5.74, 6) is 0.547. The maximum atomic E-state index is 13.4. The van der Waals surface area contributed by atoms with Crippen LogP contribution in [0.25, 0.3) is 11.0 Å². The fraction of sp³-hybridized carbons (Fsp3) is 0.316. The van der Waals surface area contributed by atoms with Crippen molar-refractivity contribution in [1.29, 1.82) is 0 Å². The highest BCUT2D eigenvalue weighted by atomic mass is 32.2. The zero-order chi connectivity index (χ0) is 21.7. The SMILES string of the molecule is COc1cc(S(C)(=O)=O)ccc1Nc1cc(NC2CC2)c2c(C(F)(F)F)c[nH]c2n1. The minimum atomic E-state index is -4.51. The first-order chi connectivity index (χ1) is 14.1. The van der Waals surface area contributed by atoms with Gasteiger partial charge in [0.05, 0.1) is 28.6 Å². The van der Waals surface area contributed by atoms with Gasteiger partial charge in [0, 0.05) is 36.3 Å². The van der Waals surface area contributed by atoms with Crippen molar-refractivity contribution in [3.63, 3.8) is 0 Å². The average Bonchev–Trinajstić information content (AvgIpc) is 3.35. The lowest BCUT2D eigenvalue weighted by molar-refractivity contribution is -0.136. The number of H-pyrrole nitrogens is 1. The molecule has 0 bridgehead atoms. The van der Waals surface area contributed by atoms with E-state index in [0.29, 0.717) is 11.4 Å². The third-order valence-electron chi connectivity index (χ3n) is 4.75. The number of rotatable bonds is 6. The summed E-state index contributed by atoms with van der Waals surface area (Å²) in [5, 5.41) is 6.12. The van der Waals surface area contributed by atoms with Gasteiger partial charge >= 0.3 is 6.18 Å². The van der Waals surface area contributed by atoms with E-state index in [0.717, 1.165) is 25.3 Å². The Balaban J connectivity index is 1.77. The smallest absolute Gasteiger partial charge is 0.418 e. The zero-order valence-corrected chi connectivity index (χ0v) is 16.9. The molecule has 0 saturated heterocycles. The number of anilines is 3. The van der Waals surface area contributed by atoms with Gasteiger partial charge in [-0.25, -0.2) is 13.4 Å². The van der Waals surface area contributed by atoms with Gasteiger partial charge in [-0.3, -0.25) is 0 Å². The molecule has 2 heterocycles. The van der Waals surface area contributed by atoms with Crippen LogP contribution in [-0.4, -0.2) is 37.8 Å².